The molecule has 0 saturated heterocycles. The van der Waals surface area contributed by atoms with E-state index in [4.69, 9.17) is 5.26 Å². The number of aromatic amines is 1. The molecule has 2 aromatic carbocycles. The van der Waals surface area contributed by atoms with E-state index in [1.54, 1.807) is 6.07 Å². The molecule has 0 aliphatic heterocycles. The molecule has 0 unspecified atom stereocenters. The van der Waals surface area contributed by atoms with Crippen molar-refractivity contribution < 1.29 is 10.2 Å². The normalized spacial score (nSPS) is 12.5. The summed E-state index contributed by atoms with van der Waals surface area (Å²) in [6.45, 7) is 25.1. The van der Waals surface area contributed by atoms with E-state index >= 15 is 0 Å². The number of phenolic OH excluding ortho intramolecular Hbond substituents is 2. The van der Waals surface area contributed by atoms with Crippen LogP contribution < -0.4 is 0 Å². The van der Waals surface area contributed by atoms with Gasteiger partial charge in [0.2, 0.25) is 5.82 Å². The first kappa shape index (κ1) is 29.8. The predicted molar refractivity (Wildman–Crippen MR) is 149 cm³/mol. The summed E-state index contributed by atoms with van der Waals surface area (Å²) in [6.07, 6.45) is 0. The molecular weight excluding hydrogens is 462 g/mol. The summed E-state index contributed by atoms with van der Waals surface area (Å²) in [5.74, 6) is 0.763. The predicted octanol–water partition coefficient (Wildman–Crippen LogP) is 7.03. The second-order valence-electron chi connectivity index (χ2n) is 13.7. The Morgan fingerprint density at radius 2 is 1.14 bits per heavy atom. The van der Waals surface area contributed by atoms with E-state index in [2.05, 4.69) is 95.1 Å². The van der Waals surface area contributed by atoms with Crippen molar-refractivity contribution in [1.82, 2.24) is 20.6 Å². The monoisotopic (exact) mass is 505 g/mol. The van der Waals surface area contributed by atoms with Gasteiger partial charge in [0.05, 0.1) is 11.1 Å². The van der Waals surface area contributed by atoms with Crippen molar-refractivity contribution in [2.45, 2.75) is 105 Å². The fraction of sp³-hybridized carbons (Fsp3) is 0.533. The van der Waals surface area contributed by atoms with Crippen molar-refractivity contribution >= 4 is 0 Å². The zero-order valence-corrected chi connectivity index (χ0v) is 24.5. The molecule has 0 saturated carbocycles. The lowest BCUT2D eigenvalue weighted by atomic mass is 9.79. The number of nitriles is 1. The van der Waals surface area contributed by atoms with Crippen LogP contribution in [0.25, 0.3) is 11.4 Å². The Morgan fingerprint density at radius 1 is 0.676 bits per heavy atom. The number of tetrazole rings is 1. The molecular formula is C30H43N5O2. The molecule has 200 valence electrons. The van der Waals surface area contributed by atoms with E-state index in [-0.39, 0.29) is 33.2 Å². The first-order valence-electron chi connectivity index (χ1n) is 12.6. The molecule has 0 amide bonds. The van der Waals surface area contributed by atoms with Crippen LogP contribution in [-0.4, -0.2) is 30.8 Å². The highest BCUT2D eigenvalue weighted by Crippen LogP contribution is 2.41. The highest BCUT2D eigenvalue weighted by molar-refractivity contribution is 5.68. The zero-order chi connectivity index (χ0) is 28.6. The van der Waals surface area contributed by atoms with E-state index in [1.807, 2.05) is 32.9 Å². The minimum Gasteiger partial charge on any atom is -0.507 e. The number of rotatable bonds is 1. The minimum absolute atomic E-state index is 0.0216. The number of aromatic hydroxyl groups is 2. The van der Waals surface area contributed by atoms with Crippen LogP contribution in [0.1, 0.15) is 111 Å². The first-order chi connectivity index (χ1) is 16.7. The van der Waals surface area contributed by atoms with Gasteiger partial charge in [0.25, 0.3) is 0 Å². The average Bonchev–Trinajstić information content (AvgIpc) is 3.25. The van der Waals surface area contributed by atoms with Gasteiger partial charge in [0, 0.05) is 11.1 Å². The lowest BCUT2D eigenvalue weighted by molar-refractivity contribution is 0.443. The molecule has 3 N–H and O–H groups in total. The van der Waals surface area contributed by atoms with Crippen LogP contribution in [-0.2, 0) is 21.7 Å². The number of aromatic nitrogens is 4. The number of nitrogens with zero attached hydrogens (tertiary/aromatic N) is 4. The largest absolute Gasteiger partial charge is 0.507 e. The Hall–Kier alpha value is -3.40. The van der Waals surface area contributed by atoms with Crippen molar-refractivity contribution in [3.63, 3.8) is 0 Å². The maximum atomic E-state index is 10.6. The lowest BCUT2D eigenvalue weighted by Crippen LogP contribution is -2.17. The summed E-state index contributed by atoms with van der Waals surface area (Å²) in [4.78, 5) is 0. The molecule has 0 fully saturated rings. The van der Waals surface area contributed by atoms with Gasteiger partial charge in [0.1, 0.15) is 17.6 Å². The van der Waals surface area contributed by atoms with Gasteiger partial charge in [-0.05, 0) is 50.1 Å². The number of phenols is 2. The number of hydrogen-bond acceptors (Lipinski definition) is 6. The summed E-state index contributed by atoms with van der Waals surface area (Å²) in [5.41, 5.74) is 4.55. The van der Waals surface area contributed by atoms with Crippen LogP contribution in [0.3, 0.4) is 0 Å². The molecule has 0 radical (unpaired) electrons. The van der Waals surface area contributed by atoms with Gasteiger partial charge in [-0.2, -0.15) is 10.5 Å². The average molecular weight is 506 g/mol. The van der Waals surface area contributed by atoms with Crippen molar-refractivity contribution in [3.8, 4) is 29.0 Å². The van der Waals surface area contributed by atoms with Gasteiger partial charge in [-0.3, -0.25) is 0 Å². The Morgan fingerprint density at radius 3 is 1.51 bits per heavy atom. The summed E-state index contributed by atoms with van der Waals surface area (Å²) in [6, 6.07) is 9.87. The fourth-order valence-electron chi connectivity index (χ4n) is 3.81. The summed E-state index contributed by atoms with van der Waals surface area (Å²) < 4.78 is 0. The molecule has 3 rings (SSSR count). The smallest absolute Gasteiger partial charge is 0.208 e. The van der Waals surface area contributed by atoms with Crippen molar-refractivity contribution in [1.29, 1.82) is 5.26 Å². The molecule has 3 aromatic rings. The van der Waals surface area contributed by atoms with Gasteiger partial charge < -0.3 is 10.2 Å². The van der Waals surface area contributed by atoms with Crippen LogP contribution in [0.5, 0.6) is 11.5 Å². The van der Waals surface area contributed by atoms with Crippen LogP contribution >= 0.6 is 0 Å². The van der Waals surface area contributed by atoms with Gasteiger partial charge in [0.15, 0.2) is 0 Å². The molecule has 0 aliphatic rings. The van der Waals surface area contributed by atoms with Crippen LogP contribution in [0.2, 0.25) is 0 Å². The van der Waals surface area contributed by atoms with Crippen LogP contribution in [0.15, 0.2) is 24.3 Å². The standard InChI is InChI=1S/C15H22N4O.C15H21NO/c1-14(2,3)9-7-10(13-16-18-19-17-13)12(20)11(8-9)15(4,5)6;1-14(2,3)11-7-10(9-16)13(17)12(8-11)15(4,5)6/h7-8,20H,1-6H3,(H,16,17,18,19);7-8,17H,1-6H3. The van der Waals surface area contributed by atoms with Gasteiger partial charge in [-0.1, -0.05) is 95.2 Å². The molecule has 0 spiro atoms. The fourth-order valence-corrected chi connectivity index (χ4v) is 3.81. The third-order valence-electron chi connectivity index (χ3n) is 6.27. The van der Waals surface area contributed by atoms with Crippen molar-refractivity contribution in [2.24, 2.45) is 0 Å². The Balaban J connectivity index is 0.000000264. The molecule has 1 aromatic heterocycles. The molecule has 0 atom stereocenters. The molecule has 0 bridgehead atoms. The summed E-state index contributed by atoms with van der Waals surface area (Å²) in [5, 5.41) is 43.7. The van der Waals surface area contributed by atoms with Crippen molar-refractivity contribution in [3.05, 3.63) is 52.1 Å². The topological polar surface area (TPSA) is 119 Å². The lowest BCUT2D eigenvalue weighted by Gasteiger charge is -2.27. The zero-order valence-electron chi connectivity index (χ0n) is 24.5. The van der Waals surface area contributed by atoms with E-state index in [0.29, 0.717) is 17.0 Å². The van der Waals surface area contributed by atoms with Gasteiger partial charge in [-0.25, -0.2) is 0 Å². The number of hydrogen-bond donors (Lipinski definition) is 3. The second-order valence-corrected chi connectivity index (χ2v) is 13.7. The van der Waals surface area contributed by atoms with E-state index < -0.39 is 0 Å². The molecule has 1 heterocycles. The second kappa shape index (κ2) is 10.2. The maximum absolute atomic E-state index is 10.6. The highest BCUT2D eigenvalue weighted by Gasteiger charge is 2.27. The third-order valence-corrected chi connectivity index (χ3v) is 6.27. The number of H-pyrrole nitrogens is 1. The van der Waals surface area contributed by atoms with E-state index in [9.17, 15) is 10.2 Å². The summed E-state index contributed by atoms with van der Waals surface area (Å²) >= 11 is 0. The highest BCUT2D eigenvalue weighted by atomic mass is 16.3. The Kier molecular flexibility index (Phi) is 8.19. The van der Waals surface area contributed by atoms with Crippen LogP contribution in [0.4, 0.5) is 0 Å². The molecule has 7 heteroatoms. The number of benzene rings is 2. The Labute approximate surface area is 222 Å². The van der Waals surface area contributed by atoms with E-state index in [1.165, 1.54) is 0 Å². The van der Waals surface area contributed by atoms with Crippen LogP contribution in [0, 0.1) is 11.3 Å². The first-order valence-corrected chi connectivity index (χ1v) is 12.6. The third kappa shape index (κ3) is 7.09. The maximum Gasteiger partial charge on any atom is 0.208 e. The molecule has 37 heavy (non-hydrogen) atoms. The van der Waals surface area contributed by atoms with E-state index in [0.717, 1.165) is 22.3 Å². The number of nitrogens with one attached hydrogen (secondary N) is 1. The minimum atomic E-state index is -0.170. The molecule has 7 nitrogen and oxygen atoms in total. The summed E-state index contributed by atoms with van der Waals surface area (Å²) in [7, 11) is 0. The molecule has 0 aliphatic carbocycles. The SMILES string of the molecule is CC(C)(C)c1cc(-c2nn[nH]n2)c(O)c(C(C)(C)C)c1.CC(C)(C)c1cc(C#N)c(O)c(C(C)(C)C)c1. The van der Waals surface area contributed by atoms with Gasteiger partial charge >= 0.3 is 0 Å². The Bertz CT molecular complexity index is 1270. The van der Waals surface area contributed by atoms with Crippen molar-refractivity contribution in [2.75, 3.05) is 0 Å². The van der Waals surface area contributed by atoms with Gasteiger partial charge in [-0.15, -0.1) is 10.2 Å². The quantitative estimate of drug-likeness (QED) is 0.327.